The summed E-state index contributed by atoms with van der Waals surface area (Å²) in [5, 5.41) is 25.0. The molecule has 8 heteroatoms. The molecule has 2 rings (SSSR count). The summed E-state index contributed by atoms with van der Waals surface area (Å²) in [5.74, 6) is 0.328. The molecule has 0 spiro atoms. The van der Waals surface area contributed by atoms with Gasteiger partial charge in [-0.25, -0.2) is 4.98 Å². The average Bonchev–Trinajstić information content (AvgIpc) is 2.62. The number of carbonyl (C=O) groups is 1. The average molecular weight is 342 g/mol. The predicted molar refractivity (Wildman–Crippen MR) is 95.2 cm³/mol. The van der Waals surface area contributed by atoms with Gasteiger partial charge in [0.25, 0.3) is 5.69 Å². The molecule has 1 amide bonds. The molecular weight excluding hydrogens is 324 g/mol. The van der Waals surface area contributed by atoms with Crippen LogP contribution in [-0.2, 0) is 4.79 Å². The van der Waals surface area contributed by atoms with E-state index in [0.717, 1.165) is 0 Å². The summed E-state index contributed by atoms with van der Waals surface area (Å²) >= 11 is 0. The molecule has 1 aromatic carbocycles. The molecule has 130 valence electrons. The van der Waals surface area contributed by atoms with Gasteiger partial charge in [-0.05, 0) is 42.3 Å². The zero-order valence-corrected chi connectivity index (χ0v) is 13.4. The molecule has 3 N–H and O–H groups in total. The van der Waals surface area contributed by atoms with Crippen LogP contribution in [0.2, 0.25) is 0 Å². The molecule has 1 aromatic heterocycles. The van der Waals surface area contributed by atoms with Crippen molar-refractivity contribution < 1.29 is 14.8 Å². The van der Waals surface area contributed by atoms with Gasteiger partial charge in [-0.2, -0.15) is 0 Å². The van der Waals surface area contributed by atoms with Crippen molar-refractivity contribution in [1.29, 1.82) is 0 Å². The fourth-order valence-corrected chi connectivity index (χ4v) is 1.93. The monoisotopic (exact) mass is 342 g/mol. The predicted octanol–water partition coefficient (Wildman–Crippen LogP) is 2.44. The number of nitro groups is 1. The minimum Gasteiger partial charge on any atom is -0.396 e. The number of carbonyl (C=O) groups excluding carboxylic acids is 1. The quantitative estimate of drug-likeness (QED) is 0.293. The second-order valence-corrected chi connectivity index (χ2v) is 5.11. The number of rotatable bonds is 8. The molecule has 0 atom stereocenters. The summed E-state index contributed by atoms with van der Waals surface area (Å²) in [6.45, 7) is 0.732. The minimum atomic E-state index is -0.477. The first kappa shape index (κ1) is 18.1. The van der Waals surface area contributed by atoms with Gasteiger partial charge in [-0.15, -0.1) is 0 Å². The highest BCUT2D eigenvalue weighted by atomic mass is 16.6. The zero-order valence-electron chi connectivity index (χ0n) is 13.4. The number of nitrogens with one attached hydrogen (secondary N) is 2. The summed E-state index contributed by atoms with van der Waals surface area (Å²) in [5.41, 5.74) is 1.23. The van der Waals surface area contributed by atoms with E-state index in [1.807, 2.05) is 0 Å². The van der Waals surface area contributed by atoms with E-state index < -0.39 is 4.92 Å². The molecule has 0 aliphatic heterocycles. The van der Waals surface area contributed by atoms with E-state index in [1.165, 1.54) is 24.4 Å². The number of hydrogen-bond acceptors (Lipinski definition) is 6. The van der Waals surface area contributed by atoms with Crippen molar-refractivity contribution in [3.8, 4) is 0 Å². The van der Waals surface area contributed by atoms with Crippen molar-refractivity contribution in [3.05, 3.63) is 64.3 Å². The smallest absolute Gasteiger partial charge is 0.269 e. The Hall–Kier alpha value is -3.26. The van der Waals surface area contributed by atoms with Crippen molar-refractivity contribution in [2.75, 3.05) is 23.8 Å². The lowest BCUT2D eigenvalue weighted by Crippen LogP contribution is -2.09. The van der Waals surface area contributed by atoms with Crippen LogP contribution >= 0.6 is 0 Å². The van der Waals surface area contributed by atoms with Gasteiger partial charge >= 0.3 is 0 Å². The Morgan fingerprint density at radius 2 is 2.00 bits per heavy atom. The maximum absolute atomic E-state index is 11.9. The molecule has 1 heterocycles. The van der Waals surface area contributed by atoms with Gasteiger partial charge < -0.3 is 15.7 Å². The zero-order chi connectivity index (χ0) is 18.1. The number of non-ortho nitro benzene ring substituents is 1. The normalized spacial score (nSPS) is 10.6. The number of nitro benzene ring substituents is 1. The van der Waals surface area contributed by atoms with Crippen LogP contribution in [0.5, 0.6) is 0 Å². The molecule has 0 bridgehead atoms. The van der Waals surface area contributed by atoms with Crippen LogP contribution in [0.25, 0.3) is 6.08 Å². The molecule has 8 nitrogen and oxygen atoms in total. The molecule has 0 fully saturated rings. The van der Waals surface area contributed by atoms with Crippen molar-refractivity contribution in [2.45, 2.75) is 6.42 Å². The number of benzene rings is 1. The number of amides is 1. The molecule has 0 saturated heterocycles. The van der Waals surface area contributed by atoms with Crippen molar-refractivity contribution in [1.82, 2.24) is 4.98 Å². The number of aliphatic hydroxyl groups excluding tert-OH is 1. The van der Waals surface area contributed by atoms with Crippen LogP contribution in [0.3, 0.4) is 0 Å². The Bertz CT molecular complexity index is 742. The fraction of sp³-hybridized carbons (Fsp3) is 0.176. The Morgan fingerprint density at radius 3 is 2.60 bits per heavy atom. The SMILES string of the molecule is O=C(/C=C/c1ccc([N+](=O)[O-])cc1)Nc1ccc(NCCCO)nc1. The first-order valence-electron chi connectivity index (χ1n) is 7.63. The van der Waals surface area contributed by atoms with Crippen LogP contribution < -0.4 is 10.6 Å². The molecule has 0 radical (unpaired) electrons. The third-order valence-electron chi connectivity index (χ3n) is 3.20. The molecule has 25 heavy (non-hydrogen) atoms. The summed E-state index contributed by atoms with van der Waals surface area (Å²) in [7, 11) is 0. The Labute approximate surface area is 144 Å². The largest absolute Gasteiger partial charge is 0.396 e. The van der Waals surface area contributed by atoms with Crippen LogP contribution in [0, 0.1) is 10.1 Å². The van der Waals surface area contributed by atoms with Crippen LogP contribution in [0.4, 0.5) is 17.2 Å². The molecular formula is C17H18N4O4. The van der Waals surface area contributed by atoms with Gasteiger partial charge in [0.1, 0.15) is 5.82 Å². The number of hydrogen-bond donors (Lipinski definition) is 3. The van der Waals surface area contributed by atoms with E-state index in [0.29, 0.717) is 30.0 Å². The standard InChI is InChI=1S/C17H18N4O4/c22-11-1-10-18-16-8-5-14(12-19-16)20-17(23)9-4-13-2-6-15(7-3-13)21(24)25/h2-9,12,22H,1,10-11H2,(H,18,19)(H,20,23)/b9-4+. The van der Waals surface area contributed by atoms with Gasteiger partial charge in [0.2, 0.25) is 5.91 Å². The lowest BCUT2D eigenvalue weighted by Gasteiger charge is -2.06. The summed E-state index contributed by atoms with van der Waals surface area (Å²) < 4.78 is 0. The number of pyridine rings is 1. The van der Waals surface area contributed by atoms with Crippen LogP contribution in [0.1, 0.15) is 12.0 Å². The second kappa shape index (κ2) is 9.14. The third-order valence-corrected chi connectivity index (χ3v) is 3.20. The number of aliphatic hydroxyl groups is 1. The Morgan fingerprint density at radius 1 is 1.24 bits per heavy atom. The molecule has 0 saturated carbocycles. The first-order chi connectivity index (χ1) is 12.1. The molecule has 0 aliphatic rings. The van der Waals surface area contributed by atoms with Crippen molar-refractivity contribution in [3.63, 3.8) is 0 Å². The summed E-state index contributed by atoms with van der Waals surface area (Å²) in [4.78, 5) is 26.1. The van der Waals surface area contributed by atoms with Gasteiger partial charge in [0, 0.05) is 31.4 Å². The molecule has 2 aromatic rings. The molecule has 0 aliphatic carbocycles. The van der Waals surface area contributed by atoms with E-state index in [4.69, 9.17) is 5.11 Å². The van der Waals surface area contributed by atoms with Gasteiger partial charge in [0.15, 0.2) is 0 Å². The highest BCUT2D eigenvalue weighted by Crippen LogP contribution is 2.13. The maximum atomic E-state index is 11.9. The van der Waals surface area contributed by atoms with E-state index in [-0.39, 0.29) is 18.2 Å². The van der Waals surface area contributed by atoms with E-state index >= 15 is 0 Å². The number of nitrogens with zero attached hydrogens (tertiary/aromatic N) is 2. The topological polar surface area (TPSA) is 117 Å². The Kier molecular flexibility index (Phi) is 6.61. The summed E-state index contributed by atoms with van der Waals surface area (Å²) in [6, 6.07) is 9.33. The Balaban J connectivity index is 1.87. The lowest BCUT2D eigenvalue weighted by molar-refractivity contribution is -0.384. The van der Waals surface area contributed by atoms with Gasteiger partial charge in [-0.1, -0.05) is 0 Å². The minimum absolute atomic E-state index is 0.000337. The second-order valence-electron chi connectivity index (χ2n) is 5.11. The van der Waals surface area contributed by atoms with E-state index in [9.17, 15) is 14.9 Å². The highest BCUT2D eigenvalue weighted by molar-refractivity contribution is 6.01. The summed E-state index contributed by atoms with van der Waals surface area (Å²) in [6.07, 6.45) is 5.07. The number of anilines is 2. The highest BCUT2D eigenvalue weighted by Gasteiger charge is 2.03. The first-order valence-corrected chi connectivity index (χ1v) is 7.63. The van der Waals surface area contributed by atoms with E-state index in [2.05, 4.69) is 15.6 Å². The fourth-order valence-electron chi connectivity index (χ4n) is 1.93. The van der Waals surface area contributed by atoms with Gasteiger partial charge in [-0.3, -0.25) is 14.9 Å². The van der Waals surface area contributed by atoms with Gasteiger partial charge in [0.05, 0.1) is 16.8 Å². The lowest BCUT2D eigenvalue weighted by atomic mass is 10.2. The molecule has 0 unspecified atom stereocenters. The maximum Gasteiger partial charge on any atom is 0.269 e. The van der Waals surface area contributed by atoms with Crippen molar-refractivity contribution >= 4 is 29.2 Å². The van der Waals surface area contributed by atoms with Crippen LogP contribution in [0.15, 0.2) is 48.7 Å². The van der Waals surface area contributed by atoms with E-state index in [1.54, 1.807) is 30.3 Å². The third kappa shape index (κ3) is 6.04. The van der Waals surface area contributed by atoms with Crippen LogP contribution in [-0.4, -0.2) is 34.1 Å². The van der Waals surface area contributed by atoms with Crippen molar-refractivity contribution in [2.24, 2.45) is 0 Å². The number of aromatic nitrogens is 1.